The molecule has 1 aliphatic heterocycles. The number of ether oxygens (including phenoxy) is 2. The topological polar surface area (TPSA) is 50.8 Å². The zero-order chi connectivity index (χ0) is 17.6. The van der Waals surface area contributed by atoms with Crippen molar-refractivity contribution < 1.29 is 14.3 Å². The molecule has 0 aromatic heterocycles. The molecular formula is C18H18Cl2N2O3. The molecule has 2 aromatic rings. The van der Waals surface area contributed by atoms with Crippen molar-refractivity contribution in [3.05, 3.63) is 52.5 Å². The summed E-state index contributed by atoms with van der Waals surface area (Å²) in [5.74, 6) is 0.200. The number of hydrogen-bond donors (Lipinski definition) is 1. The van der Waals surface area contributed by atoms with Crippen molar-refractivity contribution in [1.82, 2.24) is 0 Å². The van der Waals surface area contributed by atoms with Crippen LogP contribution < -0.4 is 15.0 Å². The third-order valence-electron chi connectivity index (χ3n) is 3.74. The van der Waals surface area contributed by atoms with Crippen LogP contribution in [-0.4, -0.2) is 38.8 Å². The molecule has 0 unspecified atom stereocenters. The summed E-state index contributed by atoms with van der Waals surface area (Å²) in [6.07, 6.45) is 0. The minimum absolute atomic E-state index is 0.131. The number of carbonyl (C=O) groups excluding carboxylic acids is 1. The lowest BCUT2D eigenvalue weighted by molar-refractivity contribution is -0.118. The largest absolute Gasteiger partial charge is 0.484 e. The van der Waals surface area contributed by atoms with Crippen LogP contribution >= 0.6 is 23.2 Å². The van der Waals surface area contributed by atoms with Gasteiger partial charge in [0, 0.05) is 23.1 Å². The van der Waals surface area contributed by atoms with Crippen molar-refractivity contribution in [3.63, 3.8) is 0 Å². The average Bonchev–Trinajstić information content (AvgIpc) is 2.60. The first kappa shape index (κ1) is 17.9. The van der Waals surface area contributed by atoms with E-state index in [1.807, 2.05) is 24.3 Å². The second-order valence-corrected chi connectivity index (χ2v) is 6.43. The van der Waals surface area contributed by atoms with Gasteiger partial charge in [0.05, 0.1) is 24.6 Å². The number of halogens is 2. The molecule has 1 saturated heterocycles. The number of nitrogens with zero attached hydrogens (tertiary/aromatic N) is 1. The molecule has 1 N–H and O–H groups in total. The van der Waals surface area contributed by atoms with E-state index in [0.29, 0.717) is 29.0 Å². The molecule has 0 saturated carbocycles. The fourth-order valence-electron chi connectivity index (χ4n) is 2.61. The first-order valence-corrected chi connectivity index (χ1v) is 8.68. The molecule has 3 rings (SSSR count). The number of carbonyl (C=O) groups is 1. The van der Waals surface area contributed by atoms with Gasteiger partial charge >= 0.3 is 0 Å². The van der Waals surface area contributed by atoms with Gasteiger partial charge in [0.2, 0.25) is 0 Å². The monoisotopic (exact) mass is 380 g/mol. The normalized spacial score (nSPS) is 14.2. The van der Waals surface area contributed by atoms with Crippen LogP contribution in [0.1, 0.15) is 0 Å². The second-order valence-electron chi connectivity index (χ2n) is 5.56. The summed E-state index contributed by atoms with van der Waals surface area (Å²) in [6.45, 7) is 2.82. The number of amides is 1. The van der Waals surface area contributed by atoms with Crippen molar-refractivity contribution in [3.8, 4) is 5.75 Å². The van der Waals surface area contributed by atoms with Gasteiger partial charge in [0.1, 0.15) is 5.75 Å². The quantitative estimate of drug-likeness (QED) is 0.855. The van der Waals surface area contributed by atoms with Crippen molar-refractivity contribution >= 4 is 40.5 Å². The molecule has 132 valence electrons. The molecule has 25 heavy (non-hydrogen) atoms. The zero-order valence-electron chi connectivity index (χ0n) is 13.5. The van der Waals surface area contributed by atoms with Crippen LogP contribution in [0.4, 0.5) is 11.4 Å². The first-order chi connectivity index (χ1) is 12.1. The predicted molar refractivity (Wildman–Crippen MR) is 100 cm³/mol. The number of rotatable bonds is 5. The van der Waals surface area contributed by atoms with Crippen LogP contribution in [0.2, 0.25) is 10.0 Å². The Hall–Kier alpha value is -1.95. The standard InChI is InChI=1S/C18H18Cl2N2O3/c19-13-9-14(20)11-15(10-13)25-12-18(23)21-16-3-1-2-4-17(16)22-5-7-24-8-6-22/h1-4,9-11H,5-8,12H2,(H,21,23). The summed E-state index contributed by atoms with van der Waals surface area (Å²) in [6, 6.07) is 12.5. The Morgan fingerprint density at radius 1 is 1.12 bits per heavy atom. The Bertz CT molecular complexity index is 729. The minimum Gasteiger partial charge on any atom is -0.484 e. The highest BCUT2D eigenvalue weighted by atomic mass is 35.5. The SMILES string of the molecule is O=C(COc1cc(Cl)cc(Cl)c1)Nc1ccccc1N1CCOCC1. The maximum Gasteiger partial charge on any atom is 0.262 e. The molecule has 0 aliphatic carbocycles. The lowest BCUT2D eigenvalue weighted by Crippen LogP contribution is -2.36. The molecule has 0 spiro atoms. The first-order valence-electron chi connectivity index (χ1n) is 7.92. The summed E-state index contributed by atoms with van der Waals surface area (Å²) < 4.78 is 10.9. The van der Waals surface area contributed by atoms with Crippen LogP contribution in [0.5, 0.6) is 5.75 Å². The number of morpholine rings is 1. The van der Waals surface area contributed by atoms with E-state index in [2.05, 4.69) is 10.2 Å². The van der Waals surface area contributed by atoms with E-state index in [1.165, 1.54) is 0 Å². The number of benzene rings is 2. The zero-order valence-corrected chi connectivity index (χ0v) is 15.0. The van der Waals surface area contributed by atoms with Gasteiger partial charge in [-0.25, -0.2) is 0 Å². The Morgan fingerprint density at radius 3 is 2.52 bits per heavy atom. The van der Waals surface area contributed by atoms with E-state index in [1.54, 1.807) is 18.2 Å². The van der Waals surface area contributed by atoms with E-state index in [4.69, 9.17) is 32.7 Å². The summed E-state index contributed by atoms with van der Waals surface area (Å²) in [4.78, 5) is 14.4. The van der Waals surface area contributed by atoms with E-state index >= 15 is 0 Å². The van der Waals surface area contributed by atoms with Crippen molar-refractivity contribution in [2.45, 2.75) is 0 Å². The van der Waals surface area contributed by atoms with Gasteiger partial charge in [0.25, 0.3) is 5.91 Å². The van der Waals surface area contributed by atoms with Crippen LogP contribution in [0.15, 0.2) is 42.5 Å². The number of nitrogens with one attached hydrogen (secondary N) is 1. The van der Waals surface area contributed by atoms with Crippen LogP contribution in [-0.2, 0) is 9.53 Å². The molecule has 1 heterocycles. The molecule has 1 amide bonds. The Morgan fingerprint density at radius 2 is 1.80 bits per heavy atom. The molecular weight excluding hydrogens is 363 g/mol. The van der Waals surface area contributed by atoms with Gasteiger partial charge in [-0.1, -0.05) is 35.3 Å². The van der Waals surface area contributed by atoms with Gasteiger partial charge in [0.15, 0.2) is 6.61 Å². The maximum atomic E-state index is 12.2. The Kier molecular flexibility index (Phi) is 6.02. The van der Waals surface area contributed by atoms with E-state index in [-0.39, 0.29) is 12.5 Å². The predicted octanol–water partition coefficient (Wildman–Crippen LogP) is 3.85. The highest BCUT2D eigenvalue weighted by molar-refractivity contribution is 6.34. The summed E-state index contributed by atoms with van der Waals surface area (Å²) in [5.41, 5.74) is 1.73. The molecule has 0 atom stereocenters. The number of para-hydroxylation sites is 2. The van der Waals surface area contributed by atoms with Crippen LogP contribution in [0.3, 0.4) is 0 Å². The van der Waals surface area contributed by atoms with Crippen LogP contribution in [0.25, 0.3) is 0 Å². The highest BCUT2D eigenvalue weighted by Gasteiger charge is 2.16. The van der Waals surface area contributed by atoms with Gasteiger partial charge in [-0.2, -0.15) is 0 Å². The molecule has 1 aliphatic rings. The van der Waals surface area contributed by atoms with Gasteiger partial charge < -0.3 is 19.7 Å². The minimum atomic E-state index is -0.253. The van der Waals surface area contributed by atoms with E-state index in [0.717, 1.165) is 24.5 Å². The fraction of sp³-hybridized carbons (Fsp3) is 0.278. The number of hydrogen-bond acceptors (Lipinski definition) is 4. The van der Waals surface area contributed by atoms with Crippen molar-refractivity contribution in [2.24, 2.45) is 0 Å². The van der Waals surface area contributed by atoms with Crippen molar-refractivity contribution in [1.29, 1.82) is 0 Å². The average molecular weight is 381 g/mol. The van der Waals surface area contributed by atoms with Crippen molar-refractivity contribution in [2.75, 3.05) is 43.1 Å². The van der Waals surface area contributed by atoms with Gasteiger partial charge in [-0.3, -0.25) is 4.79 Å². The summed E-state index contributed by atoms with van der Waals surface area (Å²) in [7, 11) is 0. The lowest BCUT2D eigenvalue weighted by Gasteiger charge is -2.30. The third-order valence-corrected chi connectivity index (χ3v) is 4.17. The second kappa shape index (κ2) is 8.43. The summed E-state index contributed by atoms with van der Waals surface area (Å²) >= 11 is 11.8. The lowest BCUT2D eigenvalue weighted by atomic mass is 10.2. The smallest absolute Gasteiger partial charge is 0.262 e. The Labute approximate surface area is 156 Å². The Balaban J connectivity index is 1.63. The van der Waals surface area contributed by atoms with Gasteiger partial charge in [-0.15, -0.1) is 0 Å². The third kappa shape index (κ3) is 5.01. The maximum absolute atomic E-state index is 12.2. The van der Waals surface area contributed by atoms with E-state index < -0.39 is 0 Å². The van der Waals surface area contributed by atoms with Crippen LogP contribution in [0, 0.1) is 0 Å². The van der Waals surface area contributed by atoms with Gasteiger partial charge in [-0.05, 0) is 30.3 Å². The fourth-order valence-corrected chi connectivity index (χ4v) is 3.11. The molecule has 0 bridgehead atoms. The molecule has 7 heteroatoms. The molecule has 5 nitrogen and oxygen atoms in total. The number of anilines is 2. The van der Waals surface area contributed by atoms with E-state index in [9.17, 15) is 4.79 Å². The highest BCUT2D eigenvalue weighted by Crippen LogP contribution is 2.27. The molecule has 2 aromatic carbocycles. The molecule has 0 radical (unpaired) electrons. The summed E-state index contributed by atoms with van der Waals surface area (Å²) in [5, 5.41) is 3.81. The molecule has 1 fully saturated rings.